The number of fused-ring (bicyclic) bond motifs is 1. The van der Waals surface area contributed by atoms with Gasteiger partial charge in [0.25, 0.3) is 5.91 Å². The van der Waals surface area contributed by atoms with Crippen LogP contribution in [0.4, 0.5) is 4.39 Å². The van der Waals surface area contributed by atoms with Crippen molar-refractivity contribution in [3.8, 4) is 5.69 Å². The van der Waals surface area contributed by atoms with E-state index >= 15 is 0 Å². The van der Waals surface area contributed by atoms with E-state index in [1.54, 1.807) is 38.3 Å². The van der Waals surface area contributed by atoms with Gasteiger partial charge in [0.2, 0.25) is 0 Å². The van der Waals surface area contributed by atoms with Gasteiger partial charge in [0, 0.05) is 18.3 Å². The molecule has 2 atom stereocenters. The van der Waals surface area contributed by atoms with Gasteiger partial charge >= 0.3 is 0 Å². The van der Waals surface area contributed by atoms with Crippen LogP contribution in [0.1, 0.15) is 34.1 Å². The summed E-state index contributed by atoms with van der Waals surface area (Å²) in [5.41, 5.74) is 2.27. The lowest BCUT2D eigenvalue weighted by Crippen LogP contribution is -2.36. The highest BCUT2D eigenvalue weighted by atomic mass is 35.5. The van der Waals surface area contributed by atoms with E-state index in [0.717, 1.165) is 11.5 Å². The Morgan fingerprint density at radius 1 is 1.30 bits per heavy atom. The topological polar surface area (TPSA) is 93.4 Å². The second-order valence-corrected chi connectivity index (χ2v) is 9.45. The Morgan fingerprint density at radius 3 is 2.76 bits per heavy atom. The number of benzene rings is 2. The van der Waals surface area contributed by atoms with E-state index in [2.05, 4.69) is 20.7 Å². The molecule has 1 amide bonds. The number of amides is 1. The third kappa shape index (κ3) is 5.23. The molecule has 0 radical (unpaired) electrons. The molecular weight excluding hydrogens is 518 g/mol. The molecular formula is C26H23Cl2FN6O2. The van der Waals surface area contributed by atoms with Gasteiger partial charge in [0.15, 0.2) is 0 Å². The number of nitrogens with one attached hydrogen (secondary N) is 2. The second-order valence-electron chi connectivity index (χ2n) is 8.64. The highest BCUT2D eigenvalue weighted by Crippen LogP contribution is 2.30. The molecule has 0 fully saturated rings. The largest absolute Gasteiger partial charge is 0.497 e. The number of allylic oxidation sites excluding steroid dienone is 1. The third-order valence-electron chi connectivity index (χ3n) is 6.17. The zero-order valence-electron chi connectivity index (χ0n) is 20.0. The average Bonchev–Trinajstić information content (AvgIpc) is 3.49. The van der Waals surface area contributed by atoms with Crippen LogP contribution in [0, 0.1) is 12.7 Å². The maximum atomic E-state index is 14.1. The number of carbonyl (C=O) groups excluding carboxylic acids is 1. The lowest BCUT2D eigenvalue weighted by Gasteiger charge is -2.20. The summed E-state index contributed by atoms with van der Waals surface area (Å²) < 4.78 is 21.0. The van der Waals surface area contributed by atoms with Gasteiger partial charge in [-0.05, 0) is 49.2 Å². The lowest BCUT2D eigenvalue weighted by molar-refractivity contribution is 0.0953. The number of ether oxygens (including phenoxy) is 1. The number of halogens is 3. The van der Waals surface area contributed by atoms with Crippen LogP contribution in [0.2, 0.25) is 10.0 Å². The summed E-state index contributed by atoms with van der Waals surface area (Å²) >= 11 is 12.9. The van der Waals surface area contributed by atoms with Crippen molar-refractivity contribution in [3.63, 3.8) is 0 Å². The van der Waals surface area contributed by atoms with Gasteiger partial charge in [-0.3, -0.25) is 9.79 Å². The first-order valence-electron chi connectivity index (χ1n) is 11.5. The molecule has 0 bridgehead atoms. The summed E-state index contributed by atoms with van der Waals surface area (Å²) in [6.07, 6.45) is 6.07. The Kier molecular flexibility index (Phi) is 6.99. The summed E-state index contributed by atoms with van der Waals surface area (Å²) in [5.74, 6) is 0.688. The van der Waals surface area contributed by atoms with Crippen molar-refractivity contribution >= 4 is 34.9 Å². The fourth-order valence-corrected chi connectivity index (χ4v) is 4.98. The van der Waals surface area contributed by atoms with E-state index in [-0.39, 0.29) is 34.0 Å². The van der Waals surface area contributed by atoms with Crippen molar-refractivity contribution in [1.82, 2.24) is 25.4 Å². The minimum absolute atomic E-state index is 0.0856. The number of aryl methyl sites for hydroxylation is 1. The number of amidine groups is 1. The maximum absolute atomic E-state index is 14.1. The Hall–Kier alpha value is -3.69. The molecule has 0 saturated carbocycles. The van der Waals surface area contributed by atoms with Crippen LogP contribution < -0.4 is 10.6 Å². The van der Waals surface area contributed by atoms with Gasteiger partial charge < -0.3 is 15.4 Å². The van der Waals surface area contributed by atoms with Crippen molar-refractivity contribution in [3.05, 3.63) is 99.1 Å². The zero-order valence-corrected chi connectivity index (χ0v) is 21.5. The fraction of sp³-hybridized carbons (Fsp3) is 0.231. The molecule has 8 nitrogen and oxygen atoms in total. The van der Waals surface area contributed by atoms with Crippen molar-refractivity contribution in [2.24, 2.45) is 4.99 Å². The van der Waals surface area contributed by atoms with Crippen molar-refractivity contribution in [1.29, 1.82) is 0 Å². The van der Waals surface area contributed by atoms with E-state index in [0.29, 0.717) is 29.3 Å². The summed E-state index contributed by atoms with van der Waals surface area (Å²) in [4.78, 5) is 22.1. The van der Waals surface area contributed by atoms with Gasteiger partial charge in [0.1, 0.15) is 29.6 Å². The highest BCUT2D eigenvalue weighted by molar-refractivity contribution is 6.40. The SMILES string of the molecule is COC1=CCC2N=C(C(CNC(=O)c3c(Cl)cc(-n4cnc(C)n4)cc3Cl)c3cccc(F)c3)NC2=C1. The average molecular weight is 541 g/mol. The van der Waals surface area contributed by atoms with Crippen molar-refractivity contribution in [2.45, 2.75) is 25.3 Å². The first-order valence-corrected chi connectivity index (χ1v) is 12.3. The summed E-state index contributed by atoms with van der Waals surface area (Å²) in [6, 6.07) is 9.35. The summed E-state index contributed by atoms with van der Waals surface area (Å²) in [6.45, 7) is 1.90. The van der Waals surface area contributed by atoms with Gasteiger partial charge in [-0.2, -0.15) is 5.10 Å². The Morgan fingerprint density at radius 2 is 2.08 bits per heavy atom. The molecule has 2 aromatic carbocycles. The monoisotopic (exact) mass is 540 g/mol. The van der Waals surface area contributed by atoms with Crippen LogP contribution in [0.25, 0.3) is 5.69 Å². The van der Waals surface area contributed by atoms with E-state index in [9.17, 15) is 9.18 Å². The molecule has 1 aromatic heterocycles. The van der Waals surface area contributed by atoms with Crippen molar-refractivity contribution in [2.75, 3.05) is 13.7 Å². The molecule has 2 unspecified atom stereocenters. The molecule has 190 valence electrons. The van der Waals surface area contributed by atoms with Crippen LogP contribution >= 0.6 is 23.2 Å². The van der Waals surface area contributed by atoms with Gasteiger partial charge in [0.05, 0.1) is 40.4 Å². The summed E-state index contributed by atoms with van der Waals surface area (Å²) in [7, 11) is 1.61. The van der Waals surface area contributed by atoms with E-state index < -0.39 is 11.8 Å². The number of hydrogen-bond acceptors (Lipinski definition) is 6. The number of rotatable bonds is 7. The minimum Gasteiger partial charge on any atom is -0.497 e. The number of hydrogen-bond donors (Lipinski definition) is 2. The van der Waals surface area contributed by atoms with Crippen LogP contribution in [0.5, 0.6) is 0 Å². The molecule has 5 rings (SSSR count). The number of carbonyl (C=O) groups is 1. The summed E-state index contributed by atoms with van der Waals surface area (Å²) in [5, 5.41) is 10.8. The molecule has 0 spiro atoms. The number of aliphatic imine (C=N–C) groups is 1. The lowest BCUT2D eigenvalue weighted by atomic mass is 9.97. The van der Waals surface area contributed by atoms with Crippen LogP contribution in [0.3, 0.4) is 0 Å². The van der Waals surface area contributed by atoms with Crippen molar-refractivity contribution < 1.29 is 13.9 Å². The number of nitrogens with zero attached hydrogens (tertiary/aromatic N) is 4. The third-order valence-corrected chi connectivity index (χ3v) is 6.77. The number of aromatic nitrogens is 3. The van der Waals surface area contributed by atoms with Crippen LogP contribution in [0.15, 0.2) is 71.3 Å². The molecule has 2 N–H and O–H groups in total. The van der Waals surface area contributed by atoms with Gasteiger partial charge in [-0.15, -0.1) is 0 Å². The Bertz CT molecular complexity index is 1440. The Labute approximate surface area is 222 Å². The van der Waals surface area contributed by atoms with E-state index in [1.165, 1.54) is 23.1 Å². The van der Waals surface area contributed by atoms with Crippen LogP contribution in [-0.4, -0.2) is 46.2 Å². The van der Waals surface area contributed by atoms with Gasteiger partial charge in [-0.1, -0.05) is 35.3 Å². The smallest absolute Gasteiger partial charge is 0.254 e. The molecule has 37 heavy (non-hydrogen) atoms. The molecule has 0 saturated heterocycles. The minimum atomic E-state index is -0.462. The number of methoxy groups -OCH3 is 1. The maximum Gasteiger partial charge on any atom is 0.254 e. The molecule has 1 aliphatic carbocycles. The van der Waals surface area contributed by atoms with E-state index in [4.69, 9.17) is 32.9 Å². The standard InChI is InChI=1S/C26H23Cl2FN6O2/c1-14-31-13-35(34-14)17-9-20(27)24(21(28)10-17)26(36)30-12-19(15-4-3-5-16(29)8-15)25-32-22-7-6-18(37-2)11-23(22)33-25/h3-6,8-11,13,19,22H,7,12H2,1-2H3,(H,30,36)(H,32,33). The van der Waals surface area contributed by atoms with E-state index in [1.807, 2.05) is 12.2 Å². The highest BCUT2D eigenvalue weighted by Gasteiger charge is 2.31. The molecule has 2 heterocycles. The fourth-order valence-electron chi connectivity index (χ4n) is 4.33. The Balaban J connectivity index is 1.38. The second kappa shape index (κ2) is 10.4. The quantitative estimate of drug-likeness (QED) is 0.452. The molecule has 1 aliphatic heterocycles. The molecule has 3 aromatic rings. The predicted octanol–water partition coefficient (Wildman–Crippen LogP) is 4.72. The van der Waals surface area contributed by atoms with Gasteiger partial charge in [-0.25, -0.2) is 14.1 Å². The molecule has 11 heteroatoms. The van der Waals surface area contributed by atoms with Crippen LogP contribution in [-0.2, 0) is 4.74 Å². The molecule has 2 aliphatic rings. The first-order chi connectivity index (χ1) is 17.8. The first kappa shape index (κ1) is 25.0. The normalized spacial score (nSPS) is 17.2. The predicted molar refractivity (Wildman–Crippen MR) is 140 cm³/mol. The zero-order chi connectivity index (χ0) is 26.1.